The summed E-state index contributed by atoms with van der Waals surface area (Å²) < 4.78 is 0. The molecule has 0 radical (unpaired) electrons. The zero-order valence-electron chi connectivity index (χ0n) is 9.61. The van der Waals surface area contributed by atoms with Gasteiger partial charge in [-0.25, -0.2) is 0 Å². The van der Waals surface area contributed by atoms with Gasteiger partial charge in [0.15, 0.2) is 0 Å². The minimum absolute atomic E-state index is 0.187. The Kier molecular flexibility index (Phi) is 3.60. The van der Waals surface area contributed by atoms with Gasteiger partial charge in [0.25, 0.3) is 0 Å². The lowest BCUT2D eigenvalue weighted by Crippen LogP contribution is -2.57. The molecule has 1 saturated carbocycles. The van der Waals surface area contributed by atoms with Crippen LogP contribution in [0.25, 0.3) is 0 Å². The zero-order chi connectivity index (χ0) is 11.0. The molecule has 4 N–H and O–H groups in total. The molecule has 0 aromatic heterocycles. The van der Waals surface area contributed by atoms with Gasteiger partial charge >= 0.3 is 0 Å². The van der Waals surface area contributed by atoms with Gasteiger partial charge in [0.2, 0.25) is 0 Å². The molecule has 2 fully saturated rings. The Morgan fingerprint density at radius 1 is 1.47 bits per heavy atom. The monoisotopic (exact) mass is 229 g/mol. The summed E-state index contributed by atoms with van der Waals surface area (Å²) >= 11 is 4.75. The Labute approximate surface area is 98.0 Å². The molecule has 0 bridgehead atoms. The third-order valence-corrected chi connectivity index (χ3v) is 4.76. The molecular weight excluding hydrogens is 206 g/mol. The largest absolute Gasteiger partial charge is 0.316 e. The first-order valence-electron chi connectivity index (χ1n) is 6.04. The van der Waals surface area contributed by atoms with Crippen molar-refractivity contribution < 1.29 is 0 Å². The van der Waals surface area contributed by atoms with Gasteiger partial charge in [0, 0.05) is 17.3 Å². The van der Waals surface area contributed by atoms with Gasteiger partial charge in [-0.05, 0) is 31.7 Å². The van der Waals surface area contributed by atoms with Crippen LogP contribution in [0.3, 0.4) is 0 Å². The molecule has 1 heterocycles. The molecular formula is C11H23N3S. The van der Waals surface area contributed by atoms with E-state index in [4.69, 9.17) is 18.4 Å². The van der Waals surface area contributed by atoms with Crippen molar-refractivity contribution in [3.05, 3.63) is 0 Å². The fourth-order valence-corrected chi connectivity index (χ4v) is 4.14. The standard InChI is InChI=1S/C11H23N3S/c1-3-7-8(15)4-6-5-9(12)14-10(6)11(7)13-2/h6-11,13-15H,3-5,12H2,1-2H3. The number of fused-ring (bicyclic) bond motifs is 1. The van der Waals surface area contributed by atoms with Crippen LogP contribution in [0.1, 0.15) is 26.2 Å². The fourth-order valence-electron chi connectivity index (χ4n) is 3.47. The molecule has 0 aromatic carbocycles. The lowest BCUT2D eigenvalue weighted by Gasteiger charge is -2.43. The minimum Gasteiger partial charge on any atom is -0.316 e. The van der Waals surface area contributed by atoms with Crippen molar-refractivity contribution in [3.8, 4) is 0 Å². The van der Waals surface area contributed by atoms with Crippen molar-refractivity contribution in [2.45, 2.75) is 49.7 Å². The molecule has 1 saturated heterocycles. The van der Waals surface area contributed by atoms with Gasteiger partial charge in [-0.3, -0.25) is 5.32 Å². The molecule has 0 spiro atoms. The summed E-state index contributed by atoms with van der Waals surface area (Å²) in [4.78, 5) is 0. The minimum atomic E-state index is 0.187. The summed E-state index contributed by atoms with van der Waals surface area (Å²) in [6, 6.07) is 1.09. The van der Waals surface area contributed by atoms with E-state index in [1.807, 2.05) is 0 Å². The van der Waals surface area contributed by atoms with Crippen molar-refractivity contribution in [2.75, 3.05) is 7.05 Å². The first-order valence-corrected chi connectivity index (χ1v) is 6.56. The lowest BCUT2D eigenvalue weighted by molar-refractivity contribution is 0.188. The van der Waals surface area contributed by atoms with E-state index in [-0.39, 0.29) is 6.17 Å². The van der Waals surface area contributed by atoms with Crippen molar-refractivity contribution in [1.82, 2.24) is 10.6 Å². The Balaban J connectivity index is 2.14. The molecule has 6 unspecified atom stereocenters. The van der Waals surface area contributed by atoms with E-state index in [9.17, 15) is 0 Å². The predicted molar refractivity (Wildman–Crippen MR) is 67.0 cm³/mol. The van der Waals surface area contributed by atoms with Gasteiger partial charge in [-0.2, -0.15) is 12.6 Å². The van der Waals surface area contributed by atoms with Gasteiger partial charge in [-0.1, -0.05) is 13.3 Å². The highest BCUT2D eigenvalue weighted by Crippen LogP contribution is 2.39. The van der Waals surface area contributed by atoms with E-state index in [1.54, 1.807) is 0 Å². The second kappa shape index (κ2) is 4.62. The Hall–Kier alpha value is 0.230. The average molecular weight is 229 g/mol. The number of nitrogens with two attached hydrogens (primary N) is 1. The van der Waals surface area contributed by atoms with E-state index < -0.39 is 0 Å². The quantitative estimate of drug-likeness (QED) is 0.524. The molecule has 0 aromatic rings. The predicted octanol–water partition coefficient (Wildman–Crippen LogP) is 0.566. The van der Waals surface area contributed by atoms with Crippen molar-refractivity contribution in [1.29, 1.82) is 0 Å². The summed E-state index contributed by atoms with van der Waals surface area (Å²) in [5, 5.41) is 7.51. The van der Waals surface area contributed by atoms with Crippen molar-refractivity contribution >= 4 is 12.6 Å². The Morgan fingerprint density at radius 3 is 2.80 bits per heavy atom. The average Bonchev–Trinajstić information content (AvgIpc) is 2.55. The first kappa shape index (κ1) is 11.7. The smallest absolute Gasteiger partial charge is 0.0552 e. The maximum Gasteiger partial charge on any atom is 0.0552 e. The van der Waals surface area contributed by atoms with Crippen LogP contribution < -0.4 is 16.4 Å². The second-order valence-corrected chi connectivity index (χ2v) is 5.65. The van der Waals surface area contributed by atoms with E-state index >= 15 is 0 Å². The Morgan fingerprint density at radius 2 is 2.20 bits per heavy atom. The number of likely N-dealkylation sites (N-methyl/N-ethyl adjacent to an activating group) is 1. The van der Waals surface area contributed by atoms with Crippen LogP contribution >= 0.6 is 12.6 Å². The molecule has 4 heteroatoms. The van der Waals surface area contributed by atoms with Crippen molar-refractivity contribution in [2.24, 2.45) is 17.6 Å². The topological polar surface area (TPSA) is 50.1 Å². The molecule has 3 nitrogen and oxygen atoms in total. The van der Waals surface area contributed by atoms with Crippen LogP contribution in [0.4, 0.5) is 0 Å². The molecule has 88 valence electrons. The third-order valence-electron chi connectivity index (χ3n) is 4.16. The highest BCUT2D eigenvalue weighted by atomic mass is 32.1. The van der Waals surface area contributed by atoms with Gasteiger partial charge in [-0.15, -0.1) is 0 Å². The van der Waals surface area contributed by atoms with Crippen molar-refractivity contribution in [3.63, 3.8) is 0 Å². The maximum absolute atomic E-state index is 5.98. The summed E-state index contributed by atoms with van der Waals surface area (Å²) in [6.45, 7) is 2.26. The van der Waals surface area contributed by atoms with E-state index in [0.29, 0.717) is 29.2 Å². The SMILES string of the molecule is CCC1C(S)CC2CC(N)NC2C1NC. The molecule has 6 atom stereocenters. The number of nitrogens with one attached hydrogen (secondary N) is 2. The van der Waals surface area contributed by atoms with Crippen LogP contribution in [0, 0.1) is 11.8 Å². The normalized spacial score (nSPS) is 50.4. The summed E-state index contributed by atoms with van der Waals surface area (Å²) in [6.07, 6.45) is 3.70. The van der Waals surface area contributed by atoms with E-state index in [2.05, 4.69) is 24.6 Å². The molecule has 1 aliphatic heterocycles. The molecule has 2 rings (SSSR count). The molecule has 2 aliphatic rings. The van der Waals surface area contributed by atoms with Crippen LogP contribution in [0.2, 0.25) is 0 Å². The van der Waals surface area contributed by atoms with Crippen LogP contribution in [0.15, 0.2) is 0 Å². The Bertz CT molecular complexity index is 224. The third kappa shape index (κ3) is 2.05. The highest BCUT2D eigenvalue weighted by Gasteiger charge is 2.45. The van der Waals surface area contributed by atoms with Crippen LogP contribution in [0.5, 0.6) is 0 Å². The highest BCUT2D eigenvalue weighted by molar-refractivity contribution is 7.81. The number of hydrogen-bond acceptors (Lipinski definition) is 4. The summed E-state index contributed by atoms with van der Waals surface area (Å²) in [5.74, 6) is 1.38. The summed E-state index contributed by atoms with van der Waals surface area (Å²) in [5.41, 5.74) is 5.98. The molecule has 15 heavy (non-hydrogen) atoms. The van der Waals surface area contributed by atoms with Gasteiger partial charge in [0.05, 0.1) is 6.17 Å². The second-order valence-electron chi connectivity index (χ2n) is 4.98. The lowest BCUT2D eigenvalue weighted by atomic mass is 9.73. The van der Waals surface area contributed by atoms with Crippen LogP contribution in [-0.2, 0) is 0 Å². The maximum atomic E-state index is 5.98. The zero-order valence-corrected chi connectivity index (χ0v) is 10.5. The van der Waals surface area contributed by atoms with E-state index in [0.717, 1.165) is 6.42 Å². The molecule has 0 amide bonds. The molecule has 1 aliphatic carbocycles. The number of rotatable bonds is 2. The van der Waals surface area contributed by atoms with Crippen LogP contribution in [-0.4, -0.2) is 30.5 Å². The number of thiol groups is 1. The fraction of sp³-hybridized carbons (Fsp3) is 1.00. The first-order chi connectivity index (χ1) is 7.17. The van der Waals surface area contributed by atoms with E-state index in [1.165, 1.54) is 12.8 Å². The van der Waals surface area contributed by atoms with Gasteiger partial charge in [0.1, 0.15) is 0 Å². The van der Waals surface area contributed by atoms with Gasteiger partial charge < -0.3 is 11.1 Å². The summed E-state index contributed by atoms with van der Waals surface area (Å²) in [7, 11) is 2.06. The number of hydrogen-bond donors (Lipinski definition) is 4.